The van der Waals surface area contributed by atoms with Gasteiger partial charge in [0, 0.05) is 25.9 Å². The summed E-state index contributed by atoms with van der Waals surface area (Å²) in [5.41, 5.74) is 0.752. The maximum Gasteiger partial charge on any atom is 0.410 e. The van der Waals surface area contributed by atoms with E-state index in [2.05, 4.69) is 0 Å². The van der Waals surface area contributed by atoms with Crippen LogP contribution in [-0.2, 0) is 4.74 Å². The fourth-order valence-corrected chi connectivity index (χ4v) is 3.30. The number of nitrogens with zero attached hydrogens (tertiary/aromatic N) is 1. The van der Waals surface area contributed by atoms with Gasteiger partial charge in [-0.1, -0.05) is 6.07 Å². The second-order valence-corrected chi connectivity index (χ2v) is 7.85. The molecule has 0 radical (unpaired) electrons. The van der Waals surface area contributed by atoms with Gasteiger partial charge in [0.2, 0.25) is 0 Å². The minimum Gasteiger partial charge on any atom is -0.486 e. The molecule has 0 saturated carbocycles. The number of ketones is 1. The first-order valence-corrected chi connectivity index (χ1v) is 8.48. The van der Waals surface area contributed by atoms with E-state index in [1.807, 2.05) is 45.9 Å². The molecule has 5 nitrogen and oxygen atoms in total. The van der Waals surface area contributed by atoms with Crippen LogP contribution in [0.4, 0.5) is 4.79 Å². The van der Waals surface area contributed by atoms with Gasteiger partial charge in [-0.15, -0.1) is 0 Å². The number of piperidine rings is 1. The van der Waals surface area contributed by atoms with Gasteiger partial charge in [0.05, 0.1) is 12.0 Å². The largest absolute Gasteiger partial charge is 0.486 e. The van der Waals surface area contributed by atoms with Gasteiger partial charge >= 0.3 is 6.09 Å². The molecule has 0 N–H and O–H groups in total. The zero-order valence-corrected chi connectivity index (χ0v) is 14.8. The lowest BCUT2D eigenvalue weighted by molar-refractivity contribution is -0.0226. The van der Waals surface area contributed by atoms with Gasteiger partial charge in [-0.2, -0.15) is 0 Å². The summed E-state index contributed by atoms with van der Waals surface area (Å²) in [4.78, 5) is 26.4. The Bertz CT molecular complexity index is 666. The molecule has 0 aliphatic carbocycles. The molecule has 0 atom stereocenters. The molecule has 0 aromatic heterocycles. The molecule has 5 heteroatoms. The third-order valence-corrected chi connectivity index (χ3v) is 4.57. The molecule has 3 rings (SSSR count). The molecular weight excluding hydrogens is 306 g/mol. The van der Waals surface area contributed by atoms with Gasteiger partial charge < -0.3 is 14.4 Å². The second-order valence-electron chi connectivity index (χ2n) is 7.85. The van der Waals surface area contributed by atoms with Crippen molar-refractivity contribution in [2.75, 3.05) is 13.1 Å². The summed E-state index contributed by atoms with van der Waals surface area (Å²) >= 11 is 0. The molecule has 2 aliphatic heterocycles. The van der Waals surface area contributed by atoms with Crippen molar-refractivity contribution in [2.45, 2.75) is 58.2 Å². The Kier molecular flexibility index (Phi) is 4.06. The van der Waals surface area contributed by atoms with Gasteiger partial charge in [-0.25, -0.2) is 4.79 Å². The van der Waals surface area contributed by atoms with Crippen LogP contribution in [0.5, 0.6) is 5.75 Å². The van der Waals surface area contributed by atoms with E-state index < -0.39 is 11.2 Å². The lowest BCUT2D eigenvalue weighted by Crippen LogP contribution is -2.53. The molecule has 0 unspecified atom stereocenters. The third kappa shape index (κ3) is 3.40. The van der Waals surface area contributed by atoms with Crippen molar-refractivity contribution in [3.8, 4) is 5.75 Å². The number of rotatable bonds is 0. The Hall–Kier alpha value is -2.04. The van der Waals surface area contributed by atoms with Gasteiger partial charge in [-0.3, -0.25) is 4.79 Å². The Balaban J connectivity index is 1.70. The number of hydrogen-bond acceptors (Lipinski definition) is 4. The van der Waals surface area contributed by atoms with Crippen molar-refractivity contribution in [1.82, 2.24) is 4.90 Å². The summed E-state index contributed by atoms with van der Waals surface area (Å²) in [7, 11) is 0. The molecule has 1 aromatic carbocycles. The standard InChI is InChI=1S/C19H25NO4/c1-13-5-6-14-15(21)12-19(23-16(14)11-13)7-9-20(10-8-19)17(22)24-18(2,3)4/h5-6,11H,7-10,12H2,1-4H3. The molecular formula is C19H25NO4. The van der Waals surface area contributed by atoms with Crippen molar-refractivity contribution in [1.29, 1.82) is 0 Å². The first-order valence-electron chi connectivity index (χ1n) is 8.48. The van der Waals surface area contributed by atoms with Crippen molar-refractivity contribution >= 4 is 11.9 Å². The number of hydrogen-bond donors (Lipinski definition) is 0. The predicted octanol–water partition coefficient (Wildman–Crippen LogP) is 3.73. The molecule has 1 amide bonds. The van der Waals surface area contributed by atoms with Crippen molar-refractivity contribution in [3.05, 3.63) is 29.3 Å². The van der Waals surface area contributed by atoms with Crippen molar-refractivity contribution in [3.63, 3.8) is 0 Å². The zero-order chi connectivity index (χ0) is 17.5. The molecule has 1 saturated heterocycles. The molecule has 130 valence electrons. The SMILES string of the molecule is Cc1ccc2c(c1)OC1(CCN(C(=O)OC(C)(C)C)CC1)CC2=O. The minimum absolute atomic E-state index is 0.127. The fraction of sp³-hybridized carbons (Fsp3) is 0.579. The highest BCUT2D eigenvalue weighted by Crippen LogP contribution is 2.39. The number of likely N-dealkylation sites (tertiary alicyclic amines) is 1. The number of ether oxygens (including phenoxy) is 2. The Morgan fingerprint density at radius 3 is 2.54 bits per heavy atom. The van der Waals surface area contributed by atoms with Crippen LogP contribution in [0.3, 0.4) is 0 Å². The van der Waals surface area contributed by atoms with E-state index in [-0.39, 0.29) is 11.9 Å². The van der Waals surface area contributed by atoms with Gasteiger partial charge in [0.15, 0.2) is 5.78 Å². The smallest absolute Gasteiger partial charge is 0.410 e. The summed E-state index contributed by atoms with van der Waals surface area (Å²) in [6.07, 6.45) is 1.37. The van der Waals surface area contributed by atoms with E-state index in [1.165, 1.54) is 0 Å². The number of fused-ring (bicyclic) bond motifs is 1. The molecule has 1 fully saturated rings. The Morgan fingerprint density at radius 1 is 1.25 bits per heavy atom. The van der Waals surface area contributed by atoms with Crippen LogP contribution >= 0.6 is 0 Å². The molecule has 2 aliphatic rings. The van der Waals surface area contributed by atoms with Crippen LogP contribution in [-0.4, -0.2) is 41.1 Å². The summed E-state index contributed by atoms with van der Waals surface area (Å²) in [5.74, 6) is 0.805. The molecule has 2 heterocycles. The summed E-state index contributed by atoms with van der Waals surface area (Å²) in [5, 5.41) is 0. The predicted molar refractivity (Wildman–Crippen MR) is 90.5 cm³/mol. The van der Waals surface area contributed by atoms with Gasteiger partial charge in [-0.05, 0) is 45.4 Å². The van der Waals surface area contributed by atoms with Crippen LogP contribution in [0, 0.1) is 6.92 Å². The number of amides is 1. The highest BCUT2D eigenvalue weighted by molar-refractivity contribution is 6.00. The van der Waals surface area contributed by atoms with E-state index in [4.69, 9.17) is 9.47 Å². The highest BCUT2D eigenvalue weighted by Gasteiger charge is 2.44. The third-order valence-electron chi connectivity index (χ3n) is 4.57. The topological polar surface area (TPSA) is 55.8 Å². The fourth-order valence-electron chi connectivity index (χ4n) is 3.30. The average molecular weight is 331 g/mol. The van der Waals surface area contributed by atoms with Crippen LogP contribution in [0.1, 0.15) is 56.0 Å². The summed E-state index contributed by atoms with van der Waals surface area (Å²) in [6, 6.07) is 5.70. The normalized spacial score (nSPS) is 19.7. The molecule has 0 bridgehead atoms. The van der Waals surface area contributed by atoms with E-state index in [1.54, 1.807) is 4.90 Å². The van der Waals surface area contributed by atoms with Crippen molar-refractivity contribution in [2.24, 2.45) is 0 Å². The number of carbonyl (C=O) groups excluding carboxylic acids is 2. The number of Topliss-reactive ketones (excluding diaryl/α,β-unsaturated/α-hetero) is 1. The first kappa shape index (κ1) is 16.8. The molecule has 24 heavy (non-hydrogen) atoms. The van der Waals surface area contributed by atoms with Crippen molar-refractivity contribution < 1.29 is 19.1 Å². The Labute approximate surface area is 142 Å². The van der Waals surface area contributed by atoms with E-state index in [0.29, 0.717) is 43.7 Å². The summed E-state index contributed by atoms with van der Waals surface area (Å²) in [6.45, 7) is 8.66. The molecule has 1 spiro atoms. The average Bonchev–Trinajstić information content (AvgIpc) is 2.45. The zero-order valence-electron chi connectivity index (χ0n) is 14.8. The summed E-state index contributed by atoms with van der Waals surface area (Å²) < 4.78 is 11.7. The number of aryl methyl sites for hydroxylation is 1. The van der Waals surface area contributed by atoms with Crippen LogP contribution in [0.15, 0.2) is 18.2 Å². The van der Waals surface area contributed by atoms with Crippen LogP contribution in [0.2, 0.25) is 0 Å². The maximum absolute atomic E-state index is 12.5. The lowest BCUT2D eigenvalue weighted by Gasteiger charge is -2.44. The number of carbonyl (C=O) groups is 2. The number of benzene rings is 1. The molecule has 1 aromatic rings. The van der Waals surface area contributed by atoms with Gasteiger partial charge in [0.1, 0.15) is 17.0 Å². The van der Waals surface area contributed by atoms with E-state index >= 15 is 0 Å². The van der Waals surface area contributed by atoms with Gasteiger partial charge in [0.25, 0.3) is 0 Å². The van der Waals surface area contributed by atoms with E-state index in [9.17, 15) is 9.59 Å². The first-order chi connectivity index (χ1) is 11.2. The van der Waals surface area contributed by atoms with Crippen LogP contribution < -0.4 is 4.74 Å². The monoisotopic (exact) mass is 331 g/mol. The van der Waals surface area contributed by atoms with Crippen LogP contribution in [0.25, 0.3) is 0 Å². The Morgan fingerprint density at radius 2 is 1.92 bits per heavy atom. The lowest BCUT2D eigenvalue weighted by atomic mass is 9.82. The quantitative estimate of drug-likeness (QED) is 0.727. The van der Waals surface area contributed by atoms with E-state index in [0.717, 1.165) is 5.56 Å². The highest BCUT2D eigenvalue weighted by atomic mass is 16.6. The second kappa shape index (κ2) is 5.80. The minimum atomic E-state index is -0.500. The maximum atomic E-state index is 12.5.